The van der Waals surface area contributed by atoms with Crippen LogP contribution in [0.25, 0.3) is 0 Å². The van der Waals surface area contributed by atoms with Crippen molar-refractivity contribution in [1.82, 2.24) is 15.6 Å². The summed E-state index contributed by atoms with van der Waals surface area (Å²) in [4.78, 5) is 9.31. The fourth-order valence-electron chi connectivity index (χ4n) is 2.19. The maximum absolute atomic E-state index is 11.5. The summed E-state index contributed by atoms with van der Waals surface area (Å²) in [5.41, 5.74) is 2.04. The van der Waals surface area contributed by atoms with E-state index in [1.807, 2.05) is 13.8 Å². The molecule has 6 nitrogen and oxygen atoms in total. The molecule has 0 saturated carbocycles. The van der Waals surface area contributed by atoms with Gasteiger partial charge >= 0.3 is 0 Å². The molecule has 0 bridgehead atoms. The van der Waals surface area contributed by atoms with Crippen molar-refractivity contribution in [3.05, 3.63) is 45.9 Å². The lowest BCUT2D eigenvalue weighted by atomic mass is 10.2. The molecule has 0 radical (unpaired) electrons. The SMILES string of the molecule is CCNC(=NCc1ccc(S(C)(=O)=O)cc1)NCCc1csc(C)n1.I. The van der Waals surface area contributed by atoms with Crippen LogP contribution >= 0.6 is 35.3 Å². The molecule has 0 amide bonds. The van der Waals surface area contributed by atoms with Gasteiger partial charge in [-0.2, -0.15) is 0 Å². The van der Waals surface area contributed by atoms with Gasteiger partial charge in [0.1, 0.15) is 0 Å². The highest BCUT2D eigenvalue weighted by molar-refractivity contribution is 14.0. The molecule has 0 aliphatic heterocycles. The zero-order valence-electron chi connectivity index (χ0n) is 15.2. The van der Waals surface area contributed by atoms with Crippen LogP contribution in [0.3, 0.4) is 0 Å². The molecule has 1 aromatic carbocycles. The van der Waals surface area contributed by atoms with E-state index < -0.39 is 9.84 Å². The fourth-order valence-corrected chi connectivity index (χ4v) is 3.46. The van der Waals surface area contributed by atoms with Crippen molar-refractivity contribution in [2.24, 2.45) is 4.99 Å². The topological polar surface area (TPSA) is 83.5 Å². The van der Waals surface area contributed by atoms with Gasteiger partial charge in [-0.3, -0.25) is 0 Å². The van der Waals surface area contributed by atoms with E-state index >= 15 is 0 Å². The Bertz CT molecular complexity index is 818. The fraction of sp³-hybridized carbons (Fsp3) is 0.412. The van der Waals surface area contributed by atoms with Gasteiger partial charge in [0.05, 0.1) is 22.1 Å². The van der Waals surface area contributed by atoms with E-state index in [-0.39, 0.29) is 24.0 Å². The number of aliphatic imine (C=N–C) groups is 1. The third-order valence-electron chi connectivity index (χ3n) is 3.46. The number of benzene rings is 1. The Balaban J connectivity index is 0.00000338. The van der Waals surface area contributed by atoms with Gasteiger partial charge in [0.15, 0.2) is 15.8 Å². The largest absolute Gasteiger partial charge is 0.357 e. The van der Waals surface area contributed by atoms with E-state index in [2.05, 4.69) is 26.0 Å². The second kappa shape index (κ2) is 10.8. The number of hydrogen-bond acceptors (Lipinski definition) is 5. The Morgan fingerprint density at radius 2 is 1.92 bits per heavy atom. The maximum atomic E-state index is 11.5. The molecule has 0 spiro atoms. The Kier molecular flexibility index (Phi) is 9.51. The summed E-state index contributed by atoms with van der Waals surface area (Å²) in [7, 11) is -3.16. The van der Waals surface area contributed by atoms with Crippen molar-refractivity contribution in [2.45, 2.75) is 31.7 Å². The highest BCUT2D eigenvalue weighted by atomic mass is 127. The lowest BCUT2D eigenvalue weighted by molar-refractivity contribution is 0.602. The molecule has 0 fully saturated rings. The maximum Gasteiger partial charge on any atom is 0.191 e. The van der Waals surface area contributed by atoms with Crippen LogP contribution < -0.4 is 10.6 Å². The van der Waals surface area contributed by atoms with Gasteiger partial charge in [-0.25, -0.2) is 18.4 Å². The molecule has 2 aromatic rings. The number of aryl methyl sites for hydroxylation is 1. The third-order valence-corrected chi connectivity index (χ3v) is 5.41. The first-order valence-electron chi connectivity index (χ1n) is 8.10. The average Bonchev–Trinajstić information content (AvgIpc) is 2.97. The van der Waals surface area contributed by atoms with Crippen LogP contribution in [-0.4, -0.2) is 38.7 Å². The summed E-state index contributed by atoms with van der Waals surface area (Å²) in [5, 5.41) is 9.65. The Morgan fingerprint density at radius 3 is 2.46 bits per heavy atom. The lowest BCUT2D eigenvalue weighted by Crippen LogP contribution is -2.38. The molecule has 2 N–H and O–H groups in total. The summed E-state index contributed by atoms with van der Waals surface area (Å²) in [6, 6.07) is 6.82. The van der Waals surface area contributed by atoms with E-state index in [0.29, 0.717) is 11.4 Å². The molecule has 0 aliphatic carbocycles. The van der Waals surface area contributed by atoms with E-state index in [0.717, 1.165) is 41.7 Å². The summed E-state index contributed by atoms with van der Waals surface area (Å²) in [6.07, 6.45) is 2.05. The molecule has 1 aromatic heterocycles. The molecular formula is C17H25IN4O2S2. The number of halogens is 1. The van der Waals surface area contributed by atoms with Gasteiger partial charge < -0.3 is 10.6 Å². The number of rotatable bonds is 7. The van der Waals surface area contributed by atoms with E-state index in [1.54, 1.807) is 35.6 Å². The molecule has 1 heterocycles. The van der Waals surface area contributed by atoms with Crippen molar-refractivity contribution < 1.29 is 8.42 Å². The predicted octanol–water partition coefficient (Wildman–Crippen LogP) is 2.77. The van der Waals surface area contributed by atoms with E-state index in [4.69, 9.17) is 0 Å². The average molecular weight is 508 g/mol. The Labute approximate surface area is 176 Å². The highest BCUT2D eigenvalue weighted by Gasteiger charge is 2.06. The van der Waals surface area contributed by atoms with Crippen molar-refractivity contribution in [3.63, 3.8) is 0 Å². The van der Waals surface area contributed by atoms with Gasteiger partial charge in [-0.15, -0.1) is 35.3 Å². The first-order valence-corrected chi connectivity index (χ1v) is 10.9. The molecule has 0 saturated heterocycles. The van der Waals surface area contributed by atoms with Crippen LogP contribution in [0.1, 0.15) is 23.2 Å². The van der Waals surface area contributed by atoms with E-state index in [1.165, 1.54) is 6.26 Å². The first kappa shape index (κ1) is 22.8. The number of guanidine groups is 1. The minimum atomic E-state index is -3.16. The molecule has 144 valence electrons. The Morgan fingerprint density at radius 1 is 1.23 bits per heavy atom. The van der Waals surface area contributed by atoms with Gasteiger partial charge in [-0.05, 0) is 31.5 Å². The minimum absolute atomic E-state index is 0. The molecule has 0 aliphatic rings. The number of nitrogens with zero attached hydrogens (tertiary/aromatic N) is 2. The number of aromatic nitrogens is 1. The zero-order chi connectivity index (χ0) is 18.3. The summed E-state index contributed by atoms with van der Waals surface area (Å²) < 4.78 is 23.0. The predicted molar refractivity (Wildman–Crippen MR) is 118 cm³/mol. The van der Waals surface area contributed by atoms with Crippen molar-refractivity contribution in [3.8, 4) is 0 Å². The van der Waals surface area contributed by atoms with Gasteiger partial charge in [-0.1, -0.05) is 12.1 Å². The first-order chi connectivity index (χ1) is 11.9. The highest BCUT2D eigenvalue weighted by Crippen LogP contribution is 2.11. The van der Waals surface area contributed by atoms with Crippen LogP contribution in [0, 0.1) is 6.92 Å². The molecule has 0 unspecified atom stereocenters. The molecule has 26 heavy (non-hydrogen) atoms. The van der Waals surface area contributed by atoms with Crippen LogP contribution in [0.2, 0.25) is 0 Å². The second-order valence-corrected chi connectivity index (χ2v) is 8.72. The van der Waals surface area contributed by atoms with Gasteiger partial charge in [0.2, 0.25) is 0 Å². The van der Waals surface area contributed by atoms with Gasteiger partial charge in [0.25, 0.3) is 0 Å². The molecule has 0 atom stereocenters. The summed E-state index contributed by atoms with van der Waals surface area (Å²) in [6.45, 7) is 6.02. The van der Waals surface area contributed by atoms with E-state index in [9.17, 15) is 8.42 Å². The normalized spacial score (nSPS) is 11.7. The second-order valence-electron chi connectivity index (χ2n) is 5.65. The number of thiazole rings is 1. The summed E-state index contributed by atoms with van der Waals surface area (Å²) in [5.74, 6) is 0.738. The number of hydrogen-bond donors (Lipinski definition) is 2. The van der Waals surface area contributed by atoms with Gasteiger partial charge in [0, 0.05) is 31.1 Å². The van der Waals surface area contributed by atoms with Crippen LogP contribution in [0.5, 0.6) is 0 Å². The van der Waals surface area contributed by atoms with Crippen LogP contribution in [0.4, 0.5) is 0 Å². The smallest absolute Gasteiger partial charge is 0.191 e. The third kappa shape index (κ3) is 7.58. The molecule has 9 heteroatoms. The van der Waals surface area contributed by atoms with Crippen molar-refractivity contribution >= 4 is 51.1 Å². The van der Waals surface area contributed by atoms with Crippen LogP contribution in [-0.2, 0) is 22.8 Å². The minimum Gasteiger partial charge on any atom is -0.357 e. The summed E-state index contributed by atoms with van der Waals surface area (Å²) >= 11 is 1.66. The quantitative estimate of drug-likeness (QED) is 0.342. The Hall–Kier alpha value is -1.20. The zero-order valence-corrected chi connectivity index (χ0v) is 19.1. The van der Waals surface area contributed by atoms with Crippen molar-refractivity contribution in [1.29, 1.82) is 0 Å². The lowest BCUT2D eigenvalue weighted by Gasteiger charge is -2.10. The van der Waals surface area contributed by atoms with Crippen molar-refractivity contribution in [2.75, 3.05) is 19.3 Å². The monoisotopic (exact) mass is 508 g/mol. The molecule has 2 rings (SSSR count). The van der Waals surface area contributed by atoms with Crippen LogP contribution in [0.15, 0.2) is 39.5 Å². The molecular weight excluding hydrogens is 483 g/mol. The number of nitrogens with one attached hydrogen (secondary N) is 2. The number of sulfone groups is 1. The standard InChI is InChI=1S/C17H24N4O2S2.HI/c1-4-18-17(19-10-9-15-12-24-13(2)21-15)20-11-14-5-7-16(8-6-14)25(3,22)23;/h5-8,12H,4,9-11H2,1-3H3,(H2,18,19,20);1H.